The van der Waals surface area contributed by atoms with Crippen LogP contribution in [-0.2, 0) is 0 Å². The van der Waals surface area contributed by atoms with E-state index in [0.717, 1.165) is 55.6 Å². The quantitative estimate of drug-likeness (QED) is 0.176. The Kier molecular flexibility index (Phi) is 6.93. The fraction of sp³-hybridized carbons (Fsp3) is 0. The van der Waals surface area contributed by atoms with E-state index in [9.17, 15) is 0 Å². The number of para-hydroxylation sites is 2. The molecule has 0 unspecified atom stereocenters. The van der Waals surface area contributed by atoms with Crippen molar-refractivity contribution in [2.24, 2.45) is 0 Å². The first-order valence-electron chi connectivity index (χ1n) is 19.5. The Morgan fingerprint density at radius 2 is 0.947 bits per heavy atom. The number of rotatable bonds is 5. The lowest BCUT2D eigenvalue weighted by Crippen LogP contribution is -2.10. The van der Waals surface area contributed by atoms with E-state index in [2.05, 4.69) is 216 Å². The van der Waals surface area contributed by atoms with E-state index < -0.39 is 0 Å². The van der Waals surface area contributed by atoms with Gasteiger partial charge in [-0.2, -0.15) is 0 Å². The first-order chi connectivity index (χ1) is 28.3. The van der Waals surface area contributed by atoms with Gasteiger partial charge in [0, 0.05) is 49.4 Å². The van der Waals surface area contributed by atoms with Crippen molar-refractivity contribution in [3.05, 3.63) is 206 Å². The highest BCUT2D eigenvalue weighted by Crippen LogP contribution is 2.45. The van der Waals surface area contributed by atoms with Crippen LogP contribution in [0.25, 0.3) is 92.9 Å². The number of furan rings is 1. The van der Waals surface area contributed by atoms with Gasteiger partial charge in [0.15, 0.2) is 5.58 Å². The van der Waals surface area contributed by atoms with Crippen LogP contribution in [0.3, 0.4) is 0 Å². The van der Waals surface area contributed by atoms with Crippen molar-refractivity contribution in [1.29, 1.82) is 0 Å². The highest BCUT2D eigenvalue weighted by molar-refractivity contribution is 6.20. The van der Waals surface area contributed by atoms with Crippen molar-refractivity contribution < 1.29 is 4.42 Å². The van der Waals surface area contributed by atoms with Crippen LogP contribution in [0.5, 0.6) is 0 Å². The first kappa shape index (κ1) is 31.7. The van der Waals surface area contributed by atoms with E-state index in [-0.39, 0.29) is 0 Å². The Morgan fingerprint density at radius 3 is 1.77 bits per heavy atom. The average molecular weight is 727 g/mol. The van der Waals surface area contributed by atoms with E-state index in [1.165, 1.54) is 54.3 Å². The maximum absolute atomic E-state index is 6.90. The third-order valence-electron chi connectivity index (χ3n) is 11.7. The molecule has 0 spiro atoms. The molecule has 266 valence electrons. The summed E-state index contributed by atoms with van der Waals surface area (Å²) in [6, 6.07) is 74.4. The van der Waals surface area contributed by atoms with Crippen LogP contribution in [-0.4, -0.2) is 4.57 Å². The van der Waals surface area contributed by atoms with Crippen molar-refractivity contribution in [2.45, 2.75) is 0 Å². The maximum atomic E-state index is 6.90. The van der Waals surface area contributed by atoms with Crippen molar-refractivity contribution in [3.63, 3.8) is 0 Å². The lowest BCUT2D eigenvalue weighted by Gasteiger charge is -2.26. The predicted octanol–water partition coefficient (Wildman–Crippen LogP) is 15.3. The molecule has 57 heavy (non-hydrogen) atoms. The number of aromatic nitrogens is 1. The van der Waals surface area contributed by atoms with Gasteiger partial charge in [-0.1, -0.05) is 152 Å². The summed E-state index contributed by atoms with van der Waals surface area (Å²) in [7, 11) is 0. The summed E-state index contributed by atoms with van der Waals surface area (Å²) in [5.74, 6) is 0. The molecule has 12 aromatic rings. The minimum absolute atomic E-state index is 0.868. The number of benzene rings is 10. The summed E-state index contributed by atoms with van der Waals surface area (Å²) in [5.41, 5.74) is 10.8. The molecule has 0 N–H and O–H groups in total. The third kappa shape index (κ3) is 4.92. The number of hydrogen-bond acceptors (Lipinski definition) is 2. The van der Waals surface area contributed by atoms with Gasteiger partial charge < -0.3 is 13.9 Å². The minimum Gasteiger partial charge on any atom is -0.453 e. The zero-order valence-electron chi connectivity index (χ0n) is 30.9. The lowest BCUT2D eigenvalue weighted by atomic mass is 10.0. The van der Waals surface area contributed by atoms with Gasteiger partial charge in [0.25, 0.3) is 0 Å². The van der Waals surface area contributed by atoms with E-state index in [1.54, 1.807) is 0 Å². The highest BCUT2D eigenvalue weighted by Gasteiger charge is 2.21. The molecule has 0 amide bonds. The Balaban J connectivity index is 1.04. The van der Waals surface area contributed by atoms with E-state index in [0.29, 0.717) is 0 Å². The predicted molar refractivity (Wildman–Crippen MR) is 241 cm³/mol. The van der Waals surface area contributed by atoms with Gasteiger partial charge in [-0.05, 0) is 87.3 Å². The van der Waals surface area contributed by atoms with Gasteiger partial charge in [0.1, 0.15) is 5.58 Å². The van der Waals surface area contributed by atoms with Crippen LogP contribution in [0.4, 0.5) is 17.1 Å². The molecular formula is C54H34N2O. The molecule has 0 aliphatic rings. The molecule has 0 atom stereocenters. The van der Waals surface area contributed by atoms with Gasteiger partial charge >= 0.3 is 0 Å². The molecule has 0 aliphatic carbocycles. The molecule has 3 heteroatoms. The summed E-state index contributed by atoms with van der Waals surface area (Å²) in [6.07, 6.45) is 0. The largest absolute Gasteiger partial charge is 0.453 e. The first-order valence-corrected chi connectivity index (χ1v) is 19.5. The molecule has 10 aromatic carbocycles. The van der Waals surface area contributed by atoms with Crippen molar-refractivity contribution in [1.82, 2.24) is 4.57 Å². The molecule has 0 fully saturated rings. The molecule has 0 saturated heterocycles. The van der Waals surface area contributed by atoms with Crippen LogP contribution in [0.15, 0.2) is 211 Å². The van der Waals surface area contributed by atoms with E-state index in [4.69, 9.17) is 4.42 Å². The standard InChI is InChI=1S/C54H34N2O/c1-2-15-41(16-3-1)56-51-34-40(26-30-46(51)47-31-24-37-12-6-8-17-44(37)52(47)56)36-21-27-42(28-22-36)55(43-29-23-35-11-4-5-14-39(35)33-43)50-20-10-19-48-49-32-25-38-13-7-9-18-45(38)53(49)57-54(48)50/h1-34H. The zero-order chi connectivity index (χ0) is 37.5. The molecule has 0 bridgehead atoms. The van der Waals surface area contributed by atoms with Crippen LogP contribution >= 0.6 is 0 Å². The second-order valence-corrected chi connectivity index (χ2v) is 14.9. The molecule has 2 heterocycles. The van der Waals surface area contributed by atoms with E-state index in [1.807, 2.05) is 0 Å². The van der Waals surface area contributed by atoms with Crippen molar-refractivity contribution in [2.75, 3.05) is 4.90 Å². The highest BCUT2D eigenvalue weighted by atomic mass is 16.3. The number of anilines is 3. The zero-order valence-corrected chi connectivity index (χ0v) is 30.9. The van der Waals surface area contributed by atoms with E-state index >= 15 is 0 Å². The fourth-order valence-corrected chi connectivity index (χ4v) is 9.04. The summed E-state index contributed by atoms with van der Waals surface area (Å²) >= 11 is 0. The Hall–Kier alpha value is -7.62. The number of fused-ring (bicyclic) bond motifs is 11. The van der Waals surface area contributed by atoms with Crippen LogP contribution in [0.1, 0.15) is 0 Å². The van der Waals surface area contributed by atoms with Gasteiger partial charge in [0.05, 0.1) is 16.7 Å². The SMILES string of the molecule is c1ccc(-n2c3cc(-c4ccc(N(c5ccc6ccccc6c5)c5cccc6c5oc5c7ccccc7ccc65)cc4)ccc3c3ccc4ccccc4c32)cc1. The Morgan fingerprint density at radius 1 is 0.351 bits per heavy atom. The van der Waals surface area contributed by atoms with Gasteiger partial charge in [-0.15, -0.1) is 0 Å². The lowest BCUT2D eigenvalue weighted by molar-refractivity contribution is 0.673. The summed E-state index contributed by atoms with van der Waals surface area (Å²) < 4.78 is 9.33. The third-order valence-corrected chi connectivity index (χ3v) is 11.7. The fourth-order valence-electron chi connectivity index (χ4n) is 9.04. The van der Waals surface area contributed by atoms with Crippen molar-refractivity contribution in [3.8, 4) is 16.8 Å². The van der Waals surface area contributed by atoms with Gasteiger partial charge in [0.2, 0.25) is 0 Å². The van der Waals surface area contributed by atoms with Crippen LogP contribution in [0.2, 0.25) is 0 Å². The Bertz CT molecular complexity index is 3520. The second kappa shape index (κ2) is 12.5. The topological polar surface area (TPSA) is 21.3 Å². The van der Waals surface area contributed by atoms with Crippen LogP contribution < -0.4 is 4.90 Å². The number of hydrogen-bond donors (Lipinski definition) is 0. The average Bonchev–Trinajstić information content (AvgIpc) is 3.84. The summed E-state index contributed by atoms with van der Waals surface area (Å²) in [5, 5.41) is 11.9. The summed E-state index contributed by atoms with van der Waals surface area (Å²) in [4.78, 5) is 2.34. The number of nitrogens with zero attached hydrogens (tertiary/aromatic N) is 2. The van der Waals surface area contributed by atoms with Gasteiger partial charge in [-0.25, -0.2) is 0 Å². The Labute approximate surface area is 328 Å². The minimum atomic E-state index is 0.868. The van der Waals surface area contributed by atoms with Crippen LogP contribution in [0, 0.1) is 0 Å². The normalized spacial score (nSPS) is 11.9. The molecule has 12 rings (SSSR count). The molecule has 0 aliphatic heterocycles. The summed E-state index contributed by atoms with van der Waals surface area (Å²) in [6.45, 7) is 0. The smallest absolute Gasteiger partial charge is 0.159 e. The molecule has 0 saturated carbocycles. The maximum Gasteiger partial charge on any atom is 0.159 e. The van der Waals surface area contributed by atoms with Gasteiger partial charge in [-0.3, -0.25) is 0 Å². The van der Waals surface area contributed by atoms with Crippen molar-refractivity contribution >= 4 is 93.1 Å². The second-order valence-electron chi connectivity index (χ2n) is 14.9. The molecule has 3 nitrogen and oxygen atoms in total. The molecular weight excluding hydrogens is 693 g/mol. The molecule has 0 radical (unpaired) electrons. The monoisotopic (exact) mass is 726 g/mol. The molecule has 2 aromatic heterocycles.